The molecule has 0 bridgehead atoms. The number of phenolic OH excluding ortho intramolecular Hbond substituents is 2. The summed E-state index contributed by atoms with van der Waals surface area (Å²) in [6.45, 7) is 0. The van der Waals surface area contributed by atoms with Gasteiger partial charge in [-0.3, -0.25) is 4.79 Å². The second-order valence-electron chi connectivity index (χ2n) is 7.21. The van der Waals surface area contributed by atoms with Crippen LogP contribution in [0.1, 0.15) is 27.0 Å². The summed E-state index contributed by atoms with van der Waals surface area (Å²) in [6, 6.07) is 15.8. The lowest BCUT2D eigenvalue weighted by atomic mass is 9.77. The number of benzene rings is 3. The standard InChI is InChI=1S/C20H12O5.C3H7NO2S/c21-11-5-7-15-17(9-11)24-18-10-12(22)6-8-16(18)20(15)14-4-2-1-3-13(14)19(23)25-20;4-2(1-7)3(5)6/h1-10,21-22H;2,7H,1,4H2,(H,5,6). The van der Waals surface area contributed by atoms with Gasteiger partial charge in [-0.2, -0.15) is 12.6 Å². The van der Waals surface area contributed by atoms with Gasteiger partial charge in [0.15, 0.2) is 5.60 Å². The first-order valence-corrected chi connectivity index (χ1v) is 10.2. The summed E-state index contributed by atoms with van der Waals surface area (Å²) in [6.07, 6.45) is 0. The van der Waals surface area contributed by atoms with E-state index in [1.165, 1.54) is 24.3 Å². The van der Waals surface area contributed by atoms with Gasteiger partial charge in [0.25, 0.3) is 0 Å². The van der Waals surface area contributed by atoms with E-state index in [9.17, 15) is 19.8 Å². The van der Waals surface area contributed by atoms with Crippen LogP contribution in [0.4, 0.5) is 0 Å². The molecule has 5 N–H and O–H groups in total. The Morgan fingerprint density at radius 2 is 1.53 bits per heavy atom. The van der Waals surface area contributed by atoms with Crippen molar-refractivity contribution in [1.29, 1.82) is 0 Å². The molecule has 3 aromatic carbocycles. The average molecular weight is 453 g/mol. The zero-order chi connectivity index (χ0) is 23.0. The number of ether oxygens (including phenoxy) is 2. The highest BCUT2D eigenvalue weighted by Crippen LogP contribution is 2.56. The van der Waals surface area contributed by atoms with Crippen molar-refractivity contribution in [2.45, 2.75) is 11.6 Å². The van der Waals surface area contributed by atoms with Crippen LogP contribution in [0.15, 0.2) is 60.7 Å². The topological polar surface area (TPSA) is 139 Å². The first-order valence-electron chi connectivity index (χ1n) is 9.55. The van der Waals surface area contributed by atoms with Gasteiger partial charge in [0.1, 0.15) is 29.0 Å². The van der Waals surface area contributed by atoms with E-state index in [1.807, 2.05) is 12.1 Å². The minimum atomic E-state index is -1.17. The molecule has 2 aliphatic rings. The molecule has 3 aromatic rings. The van der Waals surface area contributed by atoms with Gasteiger partial charge >= 0.3 is 11.9 Å². The number of thiol groups is 1. The summed E-state index contributed by atoms with van der Waals surface area (Å²) in [5.74, 6) is -0.407. The molecule has 5 rings (SSSR count). The fraction of sp³-hybridized carbons (Fsp3) is 0.130. The molecule has 9 heteroatoms. The highest BCUT2D eigenvalue weighted by molar-refractivity contribution is 7.80. The number of carboxylic acids is 1. The summed E-state index contributed by atoms with van der Waals surface area (Å²) in [5, 5.41) is 27.7. The predicted octanol–water partition coefficient (Wildman–Crippen LogP) is 2.99. The third kappa shape index (κ3) is 3.41. The van der Waals surface area contributed by atoms with Gasteiger partial charge in [0, 0.05) is 34.6 Å². The van der Waals surface area contributed by atoms with E-state index in [1.54, 1.807) is 24.3 Å². The first-order chi connectivity index (χ1) is 15.3. The summed E-state index contributed by atoms with van der Waals surface area (Å²) >= 11 is 3.65. The molecule has 164 valence electrons. The van der Waals surface area contributed by atoms with Crippen LogP contribution in [0.5, 0.6) is 23.0 Å². The molecule has 0 saturated heterocycles. The summed E-state index contributed by atoms with van der Waals surface area (Å²) < 4.78 is 11.8. The van der Waals surface area contributed by atoms with Crippen LogP contribution in [0.25, 0.3) is 0 Å². The summed E-state index contributed by atoms with van der Waals surface area (Å²) in [7, 11) is 0. The Bertz CT molecular complexity index is 1180. The van der Waals surface area contributed by atoms with Gasteiger partial charge in [0.05, 0.1) is 5.56 Å². The van der Waals surface area contributed by atoms with Gasteiger partial charge in [-0.25, -0.2) is 4.79 Å². The van der Waals surface area contributed by atoms with Gasteiger partial charge in [-0.1, -0.05) is 18.2 Å². The SMILES string of the molecule is NC(CS)C(=O)O.O=C1OC2(c3ccc(O)cc3Oc3cc(O)ccc32)c2ccccc21. The van der Waals surface area contributed by atoms with E-state index in [0.29, 0.717) is 33.8 Å². The molecule has 2 aliphatic heterocycles. The maximum atomic E-state index is 12.5. The monoisotopic (exact) mass is 453 g/mol. The minimum Gasteiger partial charge on any atom is -0.508 e. The normalized spacial score (nSPS) is 15.2. The zero-order valence-corrected chi connectivity index (χ0v) is 17.5. The van der Waals surface area contributed by atoms with Crippen LogP contribution in [0.2, 0.25) is 0 Å². The van der Waals surface area contributed by atoms with E-state index >= 15 is 0 Å². The molecule has 1 atom stereocenters. The van der Waals surface area contributed by atoms with E-state index < -0.39 is 23.6 Å². The third-order valence-corrected chi connectivity index (χ3v) is 5.59. The minimum absolute atomic E-state index is 0.0371. The molecule has 0 aromatic heterocycles. The maximum absolute atomic E-state index is 12.5. The molecule has 1 unspecified atom stereocenters. The number of carboxylic acid groups (broad SMARTS) is 1. The van der Waals surface area contributed by atoms with Crippen molar-refractivity contribution >= 4 is 24.6 Å². The first kappa shape index (κ1) is 21.5. The van der Waals surface area contributed by atoms with Gasteiger partial charge in [-0.15, -0.1) is 0 Å². The van der Waals surface area contributed by atoms with Crippen molar-refractivity contribution in [3.05, 3.63) is 82.9 Å². The second kappa shape index (κ2) is 8.10. The Kier molecular flexibility index (Phi) is 5.45. The lowest BCUT2D eigenvalue weighted by Crippen LogP contribution is -2.32. The second-order valence-corrected chi connectivity index (χ2v) is 7.57. The molecular formula is C23H19NO7S. The molecule has 2 heterocycles. The number of esters is 1. The molecule has 1 spiro atoms. The number of carbonyl (C=O) groups is 2. The average Bonchev–Trinajstić information content (AvgIpc) is 3.06. The quantitative estimate of drug-likeness (QED) is 0.295. The lowest BCUT2D eigenvalue weighted by Gasteiger charge is -2.36. The summed E-state index contributed by atoms with van der Waals surface area (Å²) in [5.41, 5.74) is 6.22. The predicted molar refractivity (Wildman–Crippen MR) is 117 cm³/mol. The molecular weight excluding hydrogens is 434 g/mol. The number of aromatic hydroxyl groups is 2. The van der Waals surface area contributed by atoms with Crippen molar-refractivity contribution in [3.63, 3.8) is 0 Å². The molecule has 8 nitrogen and oxygen atoms in total. The number of nitrogens with two attached hydrogens (primary N) is 1. The highest BCUT2D eigenvalue weighted by Gasteiger charge is 2.53. The molecule has 0 aliphatic carbocycles. The van der Waals surface area contributed by atoms with Crippen LogP contribution < -0.4 is 10.5 Å². The van der Waals surface area contributed by atoms with Crippen LogP contribution in [-0.4, -0.2) is 39.1 Å². The van der Waals surface area contributed by atoms with Gasteiger partial charge in [-0.05, 0) is 30.3 Å². The lowest BCUT2D eigenvalue weighted by molar-refractivity contribution is -0.137. The Labute approximate surface area is 188 Å². The van der Waals surface area contributed by atoms with Crippen molar-refractivity contribution in [1.82, 2.24) is 0 Å². The molecule has 32 heavy (non-hydrogen) atoms. The smallest absolute Gasteiger partial charge is 0.340 e. The van der Waals surface area contributed by atoms with E-state index in [0.717, 1.165) is 0 Å². The number of aliphatic carboxylic acids is 1. The van der Waals surface area contributed by atoms with Crippen molar-refractivity contribution < 1.29 is 34.4 Å². The fourth-order valence-electron chi connectivity index (χ4n) is 3.73. The van der Waals surface area contributed by atoms with E-state index in [4.69, 9.17) is 20.3 Å². The number of phenols is 2. The Balaban J connectivity index is 0.000000307. The van der Waals surface area contributed by atoms with Gasteiger partial charge in [0.2, 0.25) is 0 Å². The fourth-order valence-corrected chi connectivity index (χ4v) is 3.89. The van der Waals surface area contributed by atoms with Crippen LogP contribution in [-0.2, 0) is 15.1 Å². The van der Waals surface area contributed by atoms with Crippen molar-refractivity contribution in [2.75, 3.05) is 5.75 Å². The number of carbonyl (C=O) groups excluding carboxylic acids is 1. The molecule has 0 fully saturated rings. The van der Waals surface area contributed by atoms with Gasteiger partial charge < -0.3 is 30.5 Å². The van der Waals surface area contributed by atoms with Crippen LogP contribution >= 0.6 is 12.6 Å². The van der Waals surface area contributed by atoms with Crippen LogP contribution in [0.3, 0.4) is 0 Å². The molecule has 0 saturated carbocycles. The van der Waals surface area contributed by atoms with Crippen LogP contribution in [0, 0.1) is 0 Å². The Morgan fingerprint density at radius 3 is 2.03 bits per heavy atom. The van der Waals surface area contributed by atoms with Crippen molar-refractivity contribution in [3.8, 4) is 23.0 Å². The third-order valence-electron chi connectivity index (χ3n) is 5.19. The molecule has 0 radical (unpaired) electrons. The van der Waals surface area contributed by atoms with E-state index in [2.05, 4.69) is 12.6 Å². The molecule has 0 amide bonds. The zero-order valence-electron chi connectivity index (χ0n) is 16.6. The Morgan fingerprint density at radius 1 is 0.969 bits per heavy atom. The van der Waals surface area contributed by atoms with Crippen molar-refractivity contribution in [2.24, 2.45) is 5.73 Å². The maximum Gasteiger partial charge on any atom is 0.340 e. The highest BCUT2D eigenvalue weighted by atomic mass is 32.1. The largest absolute Gasteiger partial charge is 0.508 e. The Hall–Kier alpha value is -3.69. The number of hydrogen-bond donors (Lipinski definition) is 5. The van der Waals surface area contributed by atoms with E-state index in [-0.39, 0.29) is 17.3 Å². The summed E-state index contributed by atoms with van der Waals surface area (Å²) in [4.78, 5) is 22.3. The number of rotatable bonds is 2. The number of hydrogen-bond acceptors (Lipinski definition) is 8. The number of fused-ring (bicyclic) bond motifs is 6.